The molecule has 1 unspecified atom stereocenters. The molecular formula is C15H33NO2. The van der Waals surface area contributed by atoms with Gasteiger partial charge in [0, 0.05) is 20.3 Å². The summed E-state index contributed by atoms with van der Waals surface area (Å²) in [4.78, 5) is 0. The molecule has 0 aromatic heterocycles. The highest BCUT2D eigenvalue weighted by Gasteiger charge is 2.07. The molecule has 18 heavy (non-hydrogen) atoms. The van der Waals surface area contributed by atoms with Crippen molar-refractivity contribution in [2.24, 2.45) is 0 Å². The van der Waals surface area contributed by atoms with E-state index in [1.54, 1.807) is 7.11 Å². The molecule has 0 aromatic rings. The average molecular weight is 259 g/mol. The molecular weight excluding hydrogens is 226 g/mol. The van der Waals surface area contributed by atoms with Gasteiger partial charge in [0.2, 0.25) is 0 Å². The van der Waals surface area contributed by atoms with Crippen LogP contribution in [0.15, 0.2) is 0 Å². The van der Waals surface area contributed by atoms with Crippen molar-refractivity contribution in [2.75, 3.05) is 33.4 Å². The van der Waals surface area contributed by atoms with Crippen LogP contribution in [0, 0.1) is 0 Å². The zero-order valence-electron chi connectivity index (χ0n) is 12.7. The minimum atomic E-state index is 0.206. The number of rotatable bonds is 14. The van der Waals surface area contributed by atoms with Crippen molar-refractivity contribution in [1.29, 1.82) is 0 Å². The van der Waals surface area contributed by atoms with Gasteiger partial charge in [0.25, 0.3) is 0 Å². The van der Waals surface area contributed by atoms with Gasteiger partial charge < -0.3 is 14.8 Å². The smallest absolute Gasteiger partial charge is 0.0932 e. The second-order valence-electron chi connectivity index (χ2n) is 4.92. The van der Waals surface area contributed by atoms with Gasteiger partial charge in [-0.1, -0.05) is 46.0 Å². The third kappa shape index (κ3) is 12.3. The summed E-state index contributed by atoms with van der Waals surface area (Å²) in [5, 5.41) is 3.38. The molecule has 0 heterocycles. The molecule has 0 rings (SSSR count). The van der Waals surface area contributed by atoms with Crippen molar-refractivity contribution >= 4 is 0 Å². The van der Waals surface area contributed by atoms with Crippen LogP contribution in [0.2, 0.25) is 0 Å². The molecule has 0 amide bonds. The molecule has 0 saturated carbocycles. The maximum absolute atomic E-state index is 5.85. The third-order valence-electron chi connectivity index (χ3n) is 3.00. The molecule has 3 heteroatoms. The van der Waals surface area contributed by atoms with Gasteiger partial charge in [-0.15, -0.1) is 0 Å². The first kappa shape index (κ1) is 17.9. The SMILES string of the molecule is CCCCCCCCOC(CNCCC)COC. The first-order valence-corrected chi connectivity index (χ1v) is 7.66. The van der Waals surface area contributed by atoms with Crippen LogP contribution >= 0.6 is 0 Å². The predicted octanol–water partition coefficient (Wildman–Crippen LogP) is 3.38. The van der Waals surface area contributed by atoms with Gasteiger partial charge in [0.1, 0.15) is 0 Å². The fourth-order valence-electron chi connectivity index (χ4n) is 1.92. The average Bonchev–Trinajstić information content (AvgIpc) is 2.38. The zero-order valence-corrected chi connectivity index (χ0v) is 12.7. The Morgan fingerprint density at radius 2 is 1.67 bits per heavy atom. The number of ether oxygens (including phenoxy) is 2. The Kier molecular flexibility index (Phi) is 14.8. The Morgan fingerprint density at radius 1 is 0.944 bits per heavy atom. The normalized spacial score (nSPS) is 12.8. The van der Waals surface area contributed by atoms with E-state index in [0.717, 1.165) is 26.1 Å². The van der Waals surface area contributed by atoms with E-state index in [9.17, 15) is 0 Å². The van der Waals surface area contributed by atoms with Crippen LogP contribution in [0.25, 0.3) is 0 Å². The summed E-state index contributed by atoms with van der Waals surface area (Å²) in [7, 11) is 1.74. The topological polar surface area (TPSA) is 30.5 Å². The van der Waals surface area contributed by atoms with Crippen LogP contribution < -0.4 is 5.32 Å². The fourth-order valence-corrected chi connectivity index (χ4v) is 1.92. The summed E-state index contributed by atoms with van der Waals surface area (Å²) in [5.41, 5.74) is 0. The van der Waals surface area contributed by atoms with Crippen LogP contribution in [0.4, 0.5) is 0 Å². The Hall–Kier alpha value is -0.120. The molecule has 0 saturated heterocycles. The summed E-state index contributed by atoms with van der Waals surface area (Å²) < 4.78 is 11.0. The lowest BCUT2D eigenvalue weighted by molar-refractivity contribution is -0.00233. The first-order valence-electron chi connectivity index (χ1n) is 7.66. The number of methoxy groups -OCH3 is 1. The van der Waals surface area contributed by atoms with Crippen molar-refractivity contribution in [1.82, 2.24) is 5.32 Å². The van der Waals surface area contributed by atoms with Crippen molar-refractivity contribution in [3.63, 3.8) is 0 Å². The highest BCUT2D eigenvalue weighted by Crippen LogP contribution is 2.05. The van der Waals surface area contributed by atoms with Gasteiger partial charge in [-0.25, -0.2) is 0 Å². The predicted molar refractivity (Wildman–Crippen MR) is 78.2 cm³/mol. The minimum Gasteiger partial charge on any atom is -0.382 e. The molecule has 0 spiro atoms. The monoisotopic (exact) mass is 259 g/mol. The standard InChI is InChI=1S/C15H33NO2/c1-4-6-7-8-9-10-12-18-15(14-17-3)13-16-11-5-2/h15-16H,4-14H2,1-3H3. The van der Waals surface area contributed by atoms with Crippen LogP contribution in [-0.4, -0.2) is 39.5 Å². The summed E-state index contributed by atoms with van der Waals surface area (Å²) in [6, 6.07) is 0. The van der Waals surface area contributed by atoms with E-state index in [1.807, 2.05) is 0 Å². The Balaban J connectivity index is 3.39. The maximum atomic E-state index is 5.85. The van der Waals surface area contributed by atoms with E-state index in [0.29, 0.717) is 6.61 Å². The highest BCUT2D eigenvalue weighted by atomic mass is 16.5. The molecule has 1 N–H and O–H groups in total. The summed E-state index contributed by atoms with van der Waals surface area (Å²) in [6.07, 6.45) is 9.24. The molecule has 0 aliphatic carbocycles. The summed E-state index contributed by atoms with van der Waals surface area (Å²) in [5.74, 6) is 0. The summed E-state index contributed by atoms with van der Waals surface area (Å²) >= 11 is 0. The Bertz CT molecular complexity index is 153. The van der Waals surface area contributed by atoms with Gasteiger partial charge in [-0.05, 0) is 19.4 Å². The van der Waals surface area contributed by atoms with E-state index in [1.165, 1.54) is 38.5 Å². The second-order valence-corrected chi connectivity index (χ2v) is 4.92. The molecule has 0 radical (unpaired) electrons. The number of nitrogens with one attached hydrogen (secondary N) is 1. The molecule has 110 valence electrons. The molecule has 3 nitrogen and oxygen atoms in total. The number of hydrogen-bond donors (Lipinski definition) is 1. The van der Waals surface area contributed by atoms with Gasteiger partial charge in [0.05, 0.1) is 12.7 Å². The van der Waals surface area contributed by atoms with E-state index in [2.05, 4.69) is 19.2 Å². The van der Waals surface area contributed by atoms with E-state index in [4.69, 9.17) is 9.47 Å². The largest absolute Gasteiger partial charge is 0.382 e. The van der Waals surface area contributed by atoms with E-state index >= 15 is 0 Å². The second kappa shape index (κ2) is 14.9. The molecule has 0 aliphatic rings. The van der Waals surface area contributed by atoms with Crippen LogP contribution in [-0.2, 0) is 9.47 Å². The maximum Gasteiger partial charge on any atom is 0.0932 e. The number of unbranched alkanes of at least 4 members (excludes halogenated alkanes) is 5. The Labute approximate surface area is 114 Å². The fraction of sp³-hybridized carbons (Fsp3) is 1.00. The number of hydrogen-bond acceptors (Lipinski definition) is 3. The minimum absolute atomic E-state index is 0.206. The molecule has 0 aromatic carbocycles. The van der Waals surface area contributed by atoms with Crippen molar-refractivity contribution in [2.45, 2.75) is 64.9 Å². The lowest BCUT2D eigenvalue weighted by Crippen LogP contribution is -2.33. The van der Waals surface area contributed by atoms with Gasteiger partial charge in [0.15, 0.2) is 0 Å². The van der Waals surface area contributed by atoms with Crippen LogP contribution in [0.3, 0.4) is 0 Å². The van der Waals surface area contributed by atoms with Crippen molar-refractivity contribution < 1.29 is 9.47 Å². The summed E-state index contributed by atoms with van der Waals surface area (Å²) in [6.45, 7) is 7.94. The molecule has 1 atom stereocenters. The van der Waals surface area contributed by atoms with Gasteiger partial charge in [-0.3, -0.25) is 0 Å². The van der Waals surface area contributed by atoms with Crippen LogP contribution in [0.1, 0.15) is 58.8 Å². The first-order chi connectivity index (χ1) is 8.85. The van der Waals surface area contributed by atoms with E-state index in [-0.39, 0.29) is 6.10 Å². The Morgan fingerprint density at radius 3 is 2.33 bits per heavy atom. The van der Waals surface area contributed by atoms with Crippen molar-refractivity contribution in [3.05, 3.63) is 0 Å². The zero-order chi connectivity index (χ0) is 13.5. The van der Waals surface area contributed by atoms with E-state index < -0.39 is 0 Å². The lowest BCUT2D eigenvalue weighted by atomic mass is 10.1. The molecule has 0 aliphatic heterocycles. The van der Waals surface area contributed by atoms with Crippen LogP contribution in [0.5, 0.6) is 0 Å². The van der Waals surface area contributed by atoms with Crippen molar-refractivity contribution in [3.8, 4) is 0 Å². The van der Waals surface area contributed by atoms with Gasteiger partial charge in [-0.2, -0.15) is 0 Å². The van der Waals surface area contributed by atoms with Gasteiger partial charge >= 0.3 is 0 Å². The molecule has 0 bridgehead atoms. The molecule has 0 fully saturated rings. The third-order valence-corrected chi connectivity index (χ3v) is 3.00. The quantitative estimate of drug-likeness (QED) is 0.485. The highest BCUT2D eigenvalue weighted by molar-refractivity contribution is 4.60. The lowest BCUT2D eigenvalue weighted by Gasteiger charge is -2.17.